The summed E-state index contributed by atoms with van der Waals surface area (Å²) in [6.07, 6.45) is 0.859. The zero-order valence-corrected chi connectivity index (χ0v) is 15.4. The van der Waals surface area contributed by atoms with Crippen LogP contribution in [0.1, 0.15) is 30.8 Å². The summed E-state index contributed by atoms with van der Waals surface area (Å²) in [4.78, 5) is 17.6. The summed E-state index contributed by atoms with van der Waals surface area (Å²) in [7, 11) is 5.42. The number of rotatable bonds is 6. The van der Waals surface area contributed by atoms with E-state index in [9.17, 15) is 4.79 Å². The molecule has 1 aromatic rings. The third-order valence-electron chi connectivity index (χ3n) is 3.77. The van der Waals surface area contributed by atoms with E-state index < -0.39 is 0 Å². The van der Waals surface area contributed by atoms with Crippen molar-refractivity contribution in [2.75, 3.05) is 27.2 Å². The maximum atomic E-state index is 11.7. The van der Waals surface area contributed by atoms with Crippen molar-refractivity contribution in [2.45, 2.75) is 40.2 Å². The van der Waals surface area contributed by atoms with E-state index in [1.54, 1.807) is 19.0 Å². The predicted molar refractivity (Wildman–Crippen MR) is 93.7 cm³/mol. The van der Waals surface area contributed by atoms with Crippen LogP contribution in [0.2, 0.25) is 0 Å². The Labute approximate surface area is 139 Å². The van der Waals surface area contributed by atoms with Gasteiger partial charge in [-0.25, -0.2) is 4.99 Å². The molecular formula is C16H30N6O. The molecule has 0 spiro atoms. The number of nitrogens with zero attached hydrogens (tertiary/aromatic N) is 4. The molecule has 1 unspecified atom stereocenters. The Hall–Kier alpha value is -2.05. The Morgan fingerprint density at radius 2 is 2.04 bits per heavy atom. The number of nitrogens with one attached hydrogen (secondary N) is 2. The fraction of sp³-hybridized carbons (Fsp3) is 0.688. The Kier molecular flexibility index (Phi) is 7.06. The van der Waals surface area contributed by atoms with Gasteiger partial charge in [0.1, 0.15) is 6.54 Å². The highest BCUT2D eigenvalue weighted by Gasteiger charge is 2.14. The lowest BCUT2D eigenvalue weighted by Crippen LogP contribution is -2.43. The van der Waals surface area contributed by atoms with Crippen molar-refractivity contribution >= 4 is 11.9 Å². The van der Waals surface area contributed by atoms with Crippen LogP contribution in [0.3, 0.4) is 0 Å². The molecule has 1 atom stereocenters. The van der Waals surface area contributed by atoms with Crippen molar-refractivity contribution in [3.8, 4) is 0 Å². The Balaban J connectivity index is 2.72. The number of guanidine groups is 1. The van der Waals surface area contributed by atoms with Crippen molar-refractivity contribution in [1.29, 1.82) is 0 Å². The van der Waals surface area contributed by atoms with Crippen LogP contribution < -0.4 is 10.6 Å². The molecule has 0 aliphatic heterocycles. The molecule has 1 aromatic heterocycles. The first-order valence-electron chi connectivity index (χ1n) is 8.00. The minimum Gasteiger partial charge on any atom is -0.357 e. The van der Waals surface area contributed by atoms with Crippen LogP contribution in [0.4, 0.5) is 0 Å². The molecular weight excluding hydrogens is 292 g/mol. The molecule has 0 fully saturated rings. The van der Waals surface area contributed by atoms with Gasteiger partial charge in [0.15, 0.2) is 5.96 Å². The lowest BCUT2D eigenvalue weighted by Gasteiger charge is -2.18. The van der Waals surface area contributed by atoms with E-state index in [2.05, 4.69) is 34.6 Å². The van der Waals surface area contributed by atoms with Gasteiger partial charge >= 0.3 is 0 Å². The second-order valence-corrected chi connectivity index (χ2v) is 6.01. The van der Waals surface area contributed by atoms with E-state index in [-0.39, 0.29) is 18.5 Å². The summed E-state index contributed by atoms with van der Waals surface area (Å²) in [6, 6.07) is 0.184. The van der Waals surface area contributed by atoms with E-state index in [1.165, 1.54) is 11.3 Å². The number of carbonyl (C=O) groups is 1. The molecule has 0 aliphatic rings. The van der Waals surface area contributed by atoms with E-state index in [4.69, 9.17) is 0 Å². The molecule has 0 saturated heterocycles. The number of aryl methyl sites for hydroxylation is 2. The first-order valence-corrected chi connectivity index (χ1v) is 8.00. The van der Waals surface area contributed by atoms with Crippen LogP contribution >= 0.6 is 0 Å². The van der Waals surface area contributed by atoms with Gasteiger partial charge in [-0.2, -0.15) is 5.10 Å². The molecule has 1 heterocycles. The molecule has 2 N–H and O–H groups in total. The number of likely N-dealkylation sites (N-methyl/N-ethyl adjacent to an activating group) is 1. The number of aliphatic imine (C=N–C) groups is 1. The lowest BCUT2D eigenvalue weighted by molar-refractivity contribution is -0.127. The van der Waals surface area contributed by atoms with E-state index in [0.29, 0.717) is 5.96 Å². The fourth-order valence-electron chi connectivity index (χ4n) is 2.31. The van der Waals surface area contributed by atoms with Crippen molar-refractivity contribution in [3.63, 3.8) is 0 Å². The van der Waals surface area contributed by atoms with Crippen molar-refractivity contribution in [2.24, 2.45) is 12.0 Å². The van der Waals surface area contributed by atoms with Gasteiger partial charge in [0.2, 0.25) is 5.91 Å². The van der Waals surface area contributed by atoms with Gasteiger partial charge in [-0.15, -0.1) is 0 Å². The zero-order valence-electron chi connectivity index (χ0n) is 15.4. The summed E-state index contributed by atoms with van der Waals surface area (Å²) < 4.78 is 1.91. The highest BCUT2D eigenvalue weighted by atomic mass is 16.2. The molecule has 7 heteroatoms. The van der Waals surface area contributed by atoms with Gasteiger partial charge in [-0.3, -0.25) is 9.48 Å². The minimum atomic E-state index is -0.0196. The normalized spacial score (nSPS) is 12.9. The molecule has 23 heavy (non-hydrogen) atoms. The van der Waals surface area contributed by atoms with E-state index in [0.717, 1.165) is 18.7 Å². The number of amides is 1. The smallest absolute Gasteiger partial charge is 0.243 e. The van der Waals surface area contributed by atoms with Crippen LogP contribution in [-0.2, 0) is 18.3 Å². The zero-order chi connectivity index (χ0) is 17.6. The lowest BCUT2D eigenvalue weighted by atomic mass is 10.1. The van der Waals surface area contributed by atoms with Gasteiger partial charge in [-0.1, -0.05) is 0 Å². The topological polar surface area (TPSA) is 74.6 Å². The van der Waals surface area contributed by atoms with Crippen molar-refractivity contribution < 1.29 is 4.79 Å². The molecule has 1 amide bonds. The van der Waals surface area contributed by atoms with Gasteiger partial charge in [-0.05, 0) is 39.7 Å². The average Bonchev–Trinajstić information content (AvgIpc) is 2.71. The first-order chi connectivity index (χ1) is 10.8. The number of hydrogen-bond acceptors (Lipinski definition) is 3. The highest BCUT2D eigenvalue weighted by molar-refractivity contribution is 5.84. The molecule has 0 aliphatic carbocycles. The third-order valence-corrected chi connectivity index (χ3v) is 3.77. The molecule has 0 aromatic carbocycles. The Morgan fingerprint density at radius 1 is 1.39 bits per heavy atom. The van der Waals surface area contributed by atoms with Gasteiger partial charge in [0.25, 0.3) is 0 Å². The third kappa shape index (κ3) is 5.58. The van der Waals surface area contributed by atoms with Crippen LogP contribution in [0.25, 0.3) is 0 Å². The SMILES string of the molecule is CCNC(=NCC(=O)N(C)C)NC(C)Cc1c(C)nn(C)c1C. The van der Waals surface area contributed by atoms with Gasteiger partial charge < -0.3 is 15.5 Å². The standard InChI is InChI=1S/C16H30N6O/c1-8-17-16(18-10-15(23)21(5)6)19-11(2)9-14-12(3)20-22(7)13(14)4/h11H,8-10H2,1-7H3,(H2,17,18,19). The van der Waals surface area contributed by atoms with Gasteiger partial charge in [0.05, 0.1) is 5.69 Å². The van der Waals surface area contributed by atoms with Crippen LogP contribution in [-0.4, -0.2) is 59.8 Å². The molecule has 7 nitrogen and oxygen atoms in total. The minimum absolute atomic E-state index is 0.0196. The maximum absolute atomic E-state index is 11.7. The average molecular weight is 322 g/mol. The second-order valence-electron chi connectivity index (χ2n) is 6.01. The van der Waals surface area contributed by atoms with E-state index in [1.807, 2.05) is 25.6 Å². The predicted octanol–water partition coefficient (Wildman–Crippen LogP) is 0.611. The number of aromatic nitrogens is 2. The summed E-state index contributed by atoms with van der Waals surface area (Å²) in [5, 5.41) is 11.0. The molecule has 0 radical (unpaired) electrons. The highest BCUT2D eigenvalue weighted by Crippen LogP contribution is 2.14. The summed E-state index contributed by atoms with van der Waals surface area (Å²) in [6.45, 7) is 9.11. The Morgan fingerprint density at radius 3 is 2.52 bits per heavy atom. The fourth-order valence-corrected chi connectivity index (χ4v) is 2.31. The van der Waals surface area contributed by atoms with Gasteiger partial charge in [0, 0.05) is 39.4 Å². The molecule has 0 saturated carbocycles. The number of carbonyl (C=O) groups excluding carboxylic acids is 1. The summed E-state index contributed by atoms with van der Waals surface area (Å²) in [5.41, 5.74) is 3.50. The maximum Gasteiger partial charge on any atom is 0.243 e. The van der Waals surface area contributed by atoms with Crippen LogP contribution in [0.15, 0.2) is 4.99 Å². The van der Waals surface area contributed by atoms with E-state index >= 15 is 0 Å². The quantitative estimate of drug-likeness (QED) is 0.594. The second kappa shape index (κ2) is 8.55. The Bertz CT molecular complexity index is 561. The van der Waals surface area contributed by atoms with Crippen LogP contribution in [0, 0.1) is 13.8 Å². The molecule has 130 valence electrons. The van der Waals surface area contributed by atoms with Crippen molar-refractivity contribution in [1.82, 2.24) is 25.3 Å². The van der Waals surface area contributed by atoms with Crippen LogP contribution in [0.5, 0.6) is 0 Å². The monoisotopic (exact) mass is 322 g/mol. The first kappa shape index (κ1) is 19.0. The summed E-state index contributed by atoms with van der Waals surface area (Å²) >= 11 is 0. The number of hydrogen-bond donors (Lipinski definition) is 2. The summed E-state index contributed by atoms with van der Waals surface area (Å²) in [5.74, 6) is 0.642. The van der Waals surface area contributed by atoms with Crippen molar-refractivity contribution in [3.05, 3.63) is 17.0 Å². The molecule has 0 bridgehead atoms. The largest absolute Gasteiger partial charge is 0.357 e. The molecule has 1 rings (SSSR count).